The van der Waals surface area contributed by atoms with Gasteiger partial charge in [0.1, 0.15) is 6.61 Å². The lowest BCUT2D eigenvalue weighted by atomic mass is 9.79. The molecule has 20 heavy (non-hydrogen) atoms. The molecule has 2 rings (SSSR count). The number of rotatable bonds is 6. The van der Waals surface area contributed by atoms with Crippen molar-refractivity contribution < 1.29 is 9.47 Å². The van der Waals surface area contributed by atoms with Crippen LogP contribution in [0.5, 0.6) is 11.5 Å². The summed E-state index contributed by atoms with van der Waals surface area (Å²) in [7, 11) is 1.67. The van der Waals surface area contributed by atoms with Gasteiger partial charge in [0.2, 0.25) is 0 Å². The number of para-hydroxylation sites is 2. The highest BCUT2D eigenvalue weighted by Crippen LogP contribution is 2.29. The van der Waals surface area contributed by atoms with Crippen LogP contribution in [0.15, 0.2) is 24.3 Å². The summed E-state index contributed by atoms with van der Waals surface area (Å²) in [6.07, 6.45) is 3.92. The van der Waals surface area contributed by atoms with Crippen molar-refractivity contribution in [3.05, 3.63) is 24.3 Å². The smallest absolute Gasteiger partial charge is 0.161 e. The van der Waals surface area contributed by atoms with Gasteiger partial charge in [-0.1, -0.05) is 26.0 Å². The Balaban J connectivity index is 1.69. The highest BCUT2D eigenvalue weighted by molar-refractivity contribution is 5.39. The summed E-state index contributed by atoms with van der Waals surface area (Å²) in [6, 6.07) is 8.45. The van der Waals surface area contributed by atoms with Crippen molar-refractivity contribution in [1.82, 2.24) is 5.32 Å². The van der Waals surface area contributed by atoms with Crippen LogP contribution in [0.1, 0.15) is 33.1 Å². The van der Waals surface area contributed by atoms with E-state index in [0.717, 1.165) is 29.9 Å². The van der Waals surface area contributed by atoms with E-state index in [-0.39, 0.29) is 0 Å². The second-order valence-electron chi connectivity index (χ2n) is 5.92. The van der Waals surface area contributed by atoms with Gasteiger partial charge in [0, 0.05) is 12.6 Å². The molecule has 3 heteroatoms. The summed E-state index contributed by atoms with van der Waals surface area (Å²) in [6.45, 7) is 6.31. The fraction of sp³-hybridized carbons (Fsp3) is 0.647. The Labute approximate surface area is 122 Å². The van der Waals surface area contributed by atoms with Gasteiger partial charge in [-0.15, -0.1) is 0 Å². The van der Waals surface area contributed by atoms with Gasteiger partial charge < -0.3 is 14.8 Å². The van der Waals surface area contributed by atoms with Crippen LogP contribution in [0.3, 0.4) is 0 Å². The third-order valence-corrected chi connectivity index (χ3v) is 4.46. The number of ether oxygens (including phenoxy) is 2. The van der Waals surface area contributed by atoms with E-state index in [9.17, 15) is 0 Å². The monoisotopic (exact) mass is 277 g/mol. The van der Waals surface area contributed by atoms with Crippen molar-refractivity contribution in [2.45, 2.75) is 39.2 Å². The number of hydrogen-bond donors (Lipinski definition) is 1. The van der Waals surface area contributed by atoms with E-state index in [1.54, 1.807) is 7.11 Å². The summed E-state index contributed by atoms with van der Waals surface area (Å²) in [5.41, 5.74) is 0. The molecular formula is C17H27NO2. The van der Waals surface area contributed by atoms with Gasteiger partial charge in [-0.3, -0.25) is 0 Å². The molecule has 0 saturated heterocycles. The largest absolute Gasteiger partial charge is 0.493 e. The van der Waals surface area contributed by atoms with Crippen LogP contribution in [-0.2, 0) is 0 Å². The average molecular weight is 277 g/mol. The second-order valence-corrected chi connectivity index (χ2v) is 5.92. The predicted molar refractivity (Wildman–Crippen MR) is 82.5 cm³/mol. The standard InChI is InChI=1S/C17H27NO2/c1-13-8-9-15(12-14(13)2)18-10-11-20-17-7-5-4-6-16(17)19-3/h4-7,13-15,18H,8-12H2,1-3H3. The molecular weight excluding hydrogens is 250 g/mol. The number of hydrogen-bond acceptors (Lipinski definition) is 3. The molecule has 1 aliphatic carbocycles. The Morgan fingerprint density at radius 3 is 2.55 bits per heavy atom. The molecule has 0 aromatic heterocycles. The Bertz CT molecular complexity index is 408. The van der Waals surface area contributed by atoms with Crippen LogP contribution in [0.4, 0.5) is 0 Å². The highest BCUT2D eigenvalue weighted by Gasteiger charge is 2.23. The Morgan fingerprint density at radius 2 is 1.85 bits per heavy atom. The van der Waals surface area contributed by atoms with Gasteiger partial charge in [0.05, 0.1) is 7.11 Å². The lowest BCUT2D eigenvalue weighted by Crippen LogP contribution is -2.38. The van der Waals surface area contributed by atoms with Gasteiger partial charge in [-0.05, 0) is 43.2 Å². The topological polar surface area (TPSA) is 30.5 Å². The van der Waals surface area contributed by atoms with Crippen LogP contribution >= 0.6 is 0 Å². The Hall–Kier alpha value is -1.22. The molecule has 1 aromatic rings. The normalized spacial score (nSPS) is 26.2. The number of nitrogens with one attached hydrogen (secondary N) is 1. The van der Waals surface area contributed by atoms with Gasteiger partial charge >= 0.3 is 0 Å². The highest BCUT2D eigenvalue weighted by atomic mass is 16.5. The summed E-state index contributed by atoms with van der Waals surface area (Å²) < 4.78 is 11.1. The molecule has 0 spiro atoms. The van der Waals surface area contributed by atoms with Crippen molar-refractivity contribution in [2.24, 2.45) is 11.8 Å². The molecule has 0 heterocycles. The Morgan fingerprint density at radius 1 is 1.10 bits per heavy atom. The number of benzene rings is 1. The van der Waals surface area contributed by atoms with Crippen molar-refractivity contribution in [3.8, 4) is 11.5 Å². The van der Waals surface area contributed by atoms with E-state index in [4.69, 9.17) is 9.47 Å². The van der Waals surface area contributed by atoms with Crippen molar-refractivity contribution >= 4 is 0 Å². The zero-order chi connectivity index (χ0) is 14.4. The van der Waals surface area contributed by atoms with Crippen LogP contribution in [0.25, 0.3) is 0 Å². The molecule has 0 radical (unpaired) electrons. The minimum Gasteiger partial charge on any atom is -0.493 e. The molecule has 3 nitrogen and oxygen atoms in total. The van der Waals surface area contributed by atoms with Crippen molar-refractivity contribution in [2.75, 3.05) is 20.3 Å². The molecule has 1 aliphatic rings. The minimum atomic E-state index is 0.655. The zero-order valence-electron chi connectivity index (χ0n) is 12.9. The first kappa shape index (κ1) is 15.2. The summed E-state index contributed by atoms with van der Waals surface area (Å²) in [5, 5.41) is 3.61. The number of methoxy groups -OCH3 is 1. The van der Waals surface area contributed by atoms with Crippen molar-refractivity contribution in [3.63, 3.8) is 0 Å². The van der Waals surface area contributed by atoms with E-state index in [1.807, 2.05) is 24.3 Å². The van der Waals surface area contributed by atoms with E-state index in [1.165, 1.54) is 19.3 Å². The van der Waals surface area contributed by atoms with Gasteiger partial charge in [-0.25, -0.2) is 0 Å². The average Bonchev–Trinajstić information content (AvgIpc) is 2.47. The second kappa shape index (κ2) is 7.53. The molecule has 3 unspecified atom stereocenters. The van der Waals surface area contributed by atoms with Gasteiger partial charge in [0.25, 0.3) is 0 Å². The molecule has 0 aliphatic heterocycles. The first-order valence-corrected chi connectivity index (χ1v) is 7.70. The fourth-order valence-corrected chi connectivity index (χ4v) is 2.90. The maximum atomic E-state index is 5.78. The van der Waals surface area contributed by atoms with Gasteiger partial charge in [0.15, 0.2) is 11.5 Å². The third-order valence-electron chi connectivity index (χ3n) is 4.46. The van der Waals surface area contributed by atoms with E-state index in [0.29, 0.717) is 12.6 Å². The molecule has 112 valence electrons. The zero-order valence-corrected chi connectivity index (χ0v) is 12.9. The fourth-order valence-electron chi connectivity index (χ4n) is 2.90. The van der Waals surface area contributed by atoms with Crippen molar-refractivity contribution in [1.29, 1.82) is 0 Å². The maximum absolute atomic E-state index is 5.78. The molecule has 3 atom stereocenters. The quantitative estimate of drug-likeness (QED) is 0.807. The van der Waals surface area contributed by atoms with Gasteiger partial charge in [-0.2, -0.15) is 0 Å². The summed E-state index contributed by atoms with van der Waals surface area (Å²) in [4.78, 5) is 0. The summed E-state index contributed by atoms with van der Waals surface area (Å²) in [5.74, 6) is 3.32. The van der Waals surface area contributed by atoms with E-state index in [2.05, 4.69) is 19.2 Å². The Kier molecular flexibility index (Phi) is 5.72. The molecule has 1 N–H and O–H groups in total. The molecule has 1 fully saturated rings. The molecule has 1 saturated carbocycles. The van der Waals surface area contributed by atoms with E-state index >= 15 is 0 Å². The van der Waals surface area contributed by atoms with E-state index < -0.39 is 0 Å². The predicted octanol–water partition coefficient (Wildman–Crippen LogP) is 3.49. The third kappa shape index (κ3) is 4.14. The lowest BCUT2D eigenvalue weighted by Gasteiger charge is -2.32. The molecule has 0 bridgehead atoms. The lowest BCUT2D eigenvalue weighted by molar-refractivity contribution is 0.215. The molecule has 0 amide bonds. The first-order valence-electron chi connectivity index (χ1n) is 7.70. The van der Waals surface area contributed by atoms with Crippen LogP contribution < -0.4 is 14.8 Å². The SMILES string of the molecule is COc1ccccc1OCCNC1CCC(C)C(C)C1. The van der Waals surface area contributed by atoms with Crippen LogP contribution in [-0.4, -0.2) is 26.3 Å². The summed E-state index contributed by atoms with van der Waals surface area (Å²) >= 11 is 0. The van der Waals surface area contributed by atoms with Crippen LogP contribution in [0, 0.1) is 11.8 Å². The van der Waals surface area contributed by atoms with Crippen LogP contribution in [0.2, 0.25) is 0 Å². The molecule has 1 aromatic carbocycles. The maximum Gasteiger partial charge on any atom is 0.161 e. The first-order chi connectivity index (χ1) is 9.70. The minimum absolute atomic E-state index is 0.655.